The first kappa shape index (κ1) is 11.6. The van der Waals surface area contributed by atoms with Crippen LogP contribution in [0.25, 0.3) is 0 Å². The molecular weight excluding hydrogens is 211 g/mol. The molecule has 1 rings (SSSR count). The number of aliphatic hydroxyl groups excluding tert-OH is 1. The van der Waals surface area contributed by atoms with Gasteiger partial charge in [0.1, 0.15) is 5.75 Å². The van der Waals surface area contributed by atoms with Gasteiger partial charge in [-0.15, -0.1) is 0 Å². The third-order valence-corrected chi connectivity index (χ3v) is 1.69. The van der Waals surface area contributed by atoms with Gasteiger partial charge in [0, 0.05) is 5.69 Å². The van der Waals surface area contributed by atoms with E-state index < -0.39 is 18.9 Å². The second kappa shape index (κ2) is 4.39. The molecule has 3 N–H and O–H groups in total. The first-order valence-corrected chi connectivity index (χ1v) is 4.13. The fourth-order valence-electron chi connectivity index (χ4n) is 0.918. The SMILES string of the molecule is Nc1ccc(OC(CO)C(F)(F)F)cc1. The summed E-state index contributed by atoms with van der Waals surface area (Å²) in [5.74, 6) is 0.0144. The number of hydrogen-bond donors (Lipinski definition) is 2. The van der Waals surface area contributed by atoms with Crippen LogP contribution in [0.2, 0.25) is 0 Å². The minimum Gasteiger partial charge on any atom is -0.478 e. The first-order chi connectivity index (χ1) is 6.93. The zero-order valence-corrected chi connectivity index (χ0v) is 7.66. The molecule has 0 bridgehead atoms. The maximum Gasteiger partial charge on any atom is 0.427 e. The number of ether oxygens (including phenoxy) is 1. The van der Waals surface area contributed by atoms with Crippen molar-refractivity contribution in [2.45, 2.75) is 12.3 Å². The van der Waals surface area contributed by atoms with Gasteiger partial charge < -0.3 is 15.6 Å². The Hall–Kier alpha value is -1.43. The molecule has 0 saturated heterocycles. The molecule has 6 heteroatoms. The van der Waals surface area contributed by atoms with Gasteiger partial charge >= 0.3 is 6.18 Å². The molecule has 15 heavy (non-hydrogen) atoms. The van der Waals surface area contributed by atoms with Crippen molar-refractivity contribution in [2.24, 2.45) is 0 Å². The quantitative estimate of drug-likeness (QED) is 0.762. The van der Waals surface area contributed by atoms with Crippen LogP contribution in [0.3, 0.4) is 0 Å². The van der Waals surface area contributed by atoms with Crippen molar-refractivity contribution in [3.63, 3.8) is 0 Å². The van der Waals surface area contributed by atoms with Crippen molar-refractivity contribution < 1.29 is 23.0 Å². The van der Waals surface area contributed by atoms with Crippen molar-refractivity contribution in [1.29, 1.82) is 0 Å². The molecule has 0 spiro atoms. The number of alkyl halides is 3. The molecule has 1 aromatic carbocycles. The summed E-state index contributed by atoms with van der Waals surface area (Å²) in [7, 11) is 0. The largest absolute Gasteiger partial charge is 0.478 e. The molecule has 0 aliphatic heterocycles. The highest BCUT2D eigenvalue weighted by atomic mass is 19.4. The number of aliphatic hydroxyl groups is 1. The van der Waals surface area contributed by atoms with Crippen molar-refractivity contribution in [3.05, 3.63) is 24.3 Å². The number of benzene rings is 1. The van der Waals surface area contributed by atoms with Crippen LogP contribution in [-0.4, -0.2) is 24.0 Å². The Bertz CT molecular complexity index is 310. The number of hydrogen-bond acceptors (Lipinski definition) is 3. The Morgan fingerprint density at radius 2 is 1.80 bits per heavy atom. The molecule has 1 unspecified atom stereocenters. The highest BCUT2D eigenvalue weighted by Crippen LogP contribution is 2.25. The number of nitrogens with two attached hydrogens (primary N) is 1. The third-order valence-electron chi connectivity index (χ3n) is 1.69. The van der Waals surface area contributed by atoms with Crippen LogP contribution >= 0.6 is 0 Å². The number of rotatable bonds is 3. The summed E-state index contributed by atoms with van der Waals surface area (Å²) in [5.41, 5.74) is 5.77. The van der Waals surface area contributed by atoms with E-state index in [4.69, 9.17) is 10.8 Å². The van der Waals surface area contributed by atoms with Crippen LogP contribution in [0, 0.1) is 0 Å². The van der Waals surface area contributed by atoms with Gasteiger partial charge in [0.25, 0.3) is 0 Å². The number of nitrogen functional groups attached to an aromatic ring is 1. The molecule has 0 aromatic heterocycles. The Morgan fingerprint density at radius 3 is 2.20 bits per heavy atom. The van der Waals surface area contributed by atoms with E-state index in [0.717, 1.165) is 0 Å². The maximum absolute atomic E-state index is 12.2. The van der Waals surface area contributed by atoms with Gasteiger partial charge in [-0.1, -0.05) is 0 Å². The number of halogens is 3. The van der Waals surface area contributed by atoms with Crippen LogP contribution in [0.5, 0.6) is 5.75 Å². The maximum atomic E-state index is 12.2. The van der Waals surface area contributed by atoms with E-state index in [1.807, 2.05) is 0 Å². The highest BCUT2D eigenvalue weighted by Gasteiger charge is 2.41. The lowest BCUT2D eigenvalue weighted by Gasteiger charge is -2.19. The van der Waals surface area contributed by atoms with Crippen LogP contribution in [0.4, 0.5) is 18.9 Å². The Morgan fingerprint density at radius 1 is 1.27 bits per heavy atom. The molecule has 0 radical (unpaired) electrons. The third kappa shape index (κ3) is 3.32. The fourth-order valence-corrected chi connectivity index (χ4v) is 0.918. The van der Waals surface area contributed by atoms with Crippen LogP contribution in [0.1, 0.15) is 0 Å². The van der Waals surface area contributed by atoms with Gasteiger partial charge in [-0.2, -0.15) is 13.2 Å². The molecular formula is C9H10F3NO2. The lowest BCUT2D eigenvalue weighted by molar-refractivity contribution is -0.204. The van der Waals surface area contributed by atoms with Gasteiger partial charge in [-0.3, -0.25) is 0 Å². The lowest BCUT2D eigenvalue weighted by Crippen LogP contribution is -2.37. The molecule has 0 heterocycles. The highest BCUT2D eigenvalue weighted by molar-refractivity contribution is 5.41. The monoisotopic (exact) mass is 221 g/mol. The molecule has 0 amide bonds. The summed E-state index contributed by atoms with van der Waals surface area (Å²) in [4.78, 5) is 0. The summed E-state index contributed by atoms with van der Waals surface area (Å²) in [5, 5.41) is 8.51. The van der Waals surface area contributed by atoms with Crippen LogP contribution in [-0.2, 0) is 0 Å². The van der Waals surface area contributed by atoms with E-state index in [2.05, 4.69) is 4.74 Å². The minimum absolute atomic E-state index is 0.0144. The van der Waals surface area contributed by atoms with Crippen molar-refractivity contribution in [2.75, 3.05) is 12.3 Å². The Kier molecular flexibility index (Phi) is 3.41. The zero-order chi connectivity index (χ0) is 11.5. The van der Waals surface area contributed by atoms with Crippen LogP contribution < -0.4 is 10.5 Å². The van der Waals surface area contributed by atoms with E-state index in [-0.39, 0.29) is 5.75 Å². The normalized spacial score (nSPS) is 13.6. The van der Waals surface area contributed by atoms with Crippen molar-refractivity contribution in [1.82, 2.24) is 0 Å². The minimum atomic E-state index is -4.59. The predicted octanol–water partition coefficient (Wildman–Crippen LogP) is 1.57. The van der Waals surface area contributed by atoms with E-state index in [9.17, 15) is 13.2 Å². The summed E-state index contributed by atoms with van der Waals surface area (Å²) >= 11 is 0. The second-order valence-corrected chi connectivity index (χ2v) is 2.90. The molecule has 84 valence electrons. The van der Waals surface area contributed by atoms with E-state index >= 15 is 0 Å². The molecule has 0 aliphatic rings. The molecule has 0 saturated carbocycles. The summed E-state index contributed by atoms with van der Waals surface area (Å²) in [6.45, 7) is -1.12. The van der Waals surface area contributed by atoms with E-state index in [1.54, 1.807) is 0 Å². The van der Waals surface area contributed by atoms with E-state index in [0.29, 0.717) is 5.69 Å². The summed E-state index contributed by atoms with van der Waals surface area (Å²) in [6, 6.07) is 5.45. The van der Waals surface area contributed by atoms with Crippen LogP contribution in [0.15, 0.2) is 24.3 Å². The van der Waals surface area contributed by atoms with E-state index in [1.165, 1.54) is 24.3 Å². The average Bonchev–Trinajstić information content (AvgIpc) is 2.15. The number of anilines is 1. The average molecular weight is 221 g/mol. The Labute approximate surface area is 84.3 Å². The smallest absolute Gasteiger partial charge is 0.427 e. The zero-order valence-electron chi connectivity index (χ0n) is 7.66. The molecule has 0 fully saturated rings. The molecule has 3 nitrogen and oxygen atoms in total. The Balaban J connectivity index is 2.71. The van der Waals surface area contributed by atoms with Gasteiger partial charge in [0.05, 0.1) is 6.61 Å². The van der Waals surface area contributed by atoms with Gasteiger partial charge in [-0.25, -0.2) is 0 Å². The van der Waals surface area contributed by atoms with Crippen molar-refractivity contribution in [3.8, 4) is 5.75 Å². The summed E-state index contributed by atoms with van der Waals surface area (Å²) in [6.07, 6.45) is -6.79. The standard InChI is InChI=1S/C9H10F3NO2/c10-9(11,12)8(5-14)15-7-3-1-6(13)2-4-7/h1-4,8,14H,5,13H2. The van der Waals surface area contributed by atoms with Gasteiger partial charge in [0.15, 0.2) is 0 Å². The molecule has 1 aromatic rings. The first-order valence-electron chi connectivity index (χ1n) is 4.13. The second-order valence-electron chi connectivity index (χ2n) is 2.90. The molecule has 1 atom stereocenters. The topological polar surface area (TPSA) is 55.5 Å². The predicted molar refractivity (Wildman–Crippen MR) is 48.4 cm³/mol. The van der Waals surface area contributed by atoms with Crippen molar-refractivity contribution >= 4 is 5.69 Å². The molecule has 0 aliphatic carbocycles. The fraction of sp³-hybridized carbons (Fsp3) is 0.333. The lowest BCUT2D eigenvalue weighted by atomic mass is 10.3. The summed E-state index contributed by atoms with van der Waals surface area (Å²) < 4.78 is 41.1. The van der Waals surface area contributed by atoms with Gasteiger partial charge in [0.2, 0.25) is 6.10 Å². The van der Waals surface area contributed by atoms with Gasteiger partial charge in [-0.05, 0) is 24.3 Å².